The highest BCUT2D eigenvalue weighted by molar-refractivity contribution is 6.21. The van der Waals surface area contributed by atoms with Gasteiger partial charge in [0.15, 0.2) is 0 Å². The van der Waals surface area contributed by atoms with Gasteiger partial charge >= 0.3 is 0 Å². The first-order valence-corrected chi connectivity index (χ1v) is 25.8. The van der Waals surface area contributed by atoms with Crippen molar-refractivity contribution >= 4 is 60.9 Å². The van der Waals surface area contributed by atoms with Crippen molar-refractivity contribution in [1.29, 1.82) is 0 Å². The number of furan rings is 2. The third kappa shape index (κ3) is 5.68. The molecule has 0 atom stereocenters. The van der Waals surface area contributed by atoms with Crippen LogP contribution in [0.1, 0.15) is 112 Å². The third-order valence-corrected chi connectivity index (χ3v) is 17.2. The van der Waals surface area contributed by atoms with Gasteiger partial charge in [-0.2, -0.15) is 0 Å². The molecule has 3 aliphatic carbocycles. The van der Waals surface area contributed by atoms with Crippen molar-refractivity contribution in [3.05, 3.63) is 208 Å². The maximum Gasteiger partial charge on any atom is 0.144 e. The van der Waals surface area contributed by atoms with E-state index in [0.717, 1.165) is 50.3 Å². The maximum atomic E-state index is 7.01. The van der Waals surface area contributed by atoms with Gasteiger partial charge in [-0.15, -0.1) is 0 Å². The van der Waals surface area contributed by atoms with Crippen LogP contribution in [0, 0.1) is 13.8 Å². The minimum atomic E-state index is -0.327. The van der Waals surface area contributed by atoms with Crippen molar-refractivity contribution in [3.63, 3.8) is 0 Å². The molecule has 0 unspecified atom stereocenters. The Balaban J connectivity index is 0.991. The van der Waals surface area contributed by atoms with Crippen molar-refractivity contribution in [2.75, 3.05) is 4.90 Å². The number of fused-ring (bicyclic) bond motifs is 19. The monoisotopic (exact) mass is 933 g/mol. The number of hydrogen-bond donors (Lipinski definition) is 0. The number of aryl methyl sites for hydroxylation is 2. The smallest absolute Gasteiger partial charge is 0.144 e. The molecule has 0 bridgehead atoms. The zero-order valence-electron chi connectivity index (χ0n) is 43.3. The lowest BCUT2D eigenvalue weighted by atomic mass is 9.72. The predicted octanol–water partition coefficient (Wildman–Crippen LogP) is 19.5. The van der Waals surface area contributed by atoms with Gasteiger partial charge in [-0.3, -0.25) is 0 Å². The lowest BCUT2D eigenvalue weighted by Crippen LogP contribution is -2.24. The Morgan fingerprint density at radius 2 is 0.903 bits per heavy atom. The number of anilines is 3. The molecule has 3 heteroatoms. The fourth-order valence-corrected chi connectivity index (χ4v) is 13.8. The van der Waals surface area contributed by atoms with Crippen molar-refractivity contribution in [3.8, 4) is 44.5 Å². The van der Waals surface area contributed by atoms with Crippen molar-refractivity contribution in [2.24, 2.45) is 0 Å². The van der Waals surface area contributed by atoms with Gasteiger partial charge in [0.1, 0.15) is 22.3 Å². The second kappa shape index (κ2) is 14.3. The van der Waals surface area contributed by atoms with Crippen LogP contribution in [-0.2, 0) is 21.7 Å². The Kier molecular flexibility index (Phi) is 8.57. The fourth-order valence-electron chi connectivity index (χ4n) is 13.8. The van der Waals surface area contributed by atoms with Gasteiger partial charge in [-0.1, -0.05) is 177 Å². The highest BCUT2D eigenvalue weighted by Gasteiger charge is 2.49. The van der Waals surface area contributed by atoms with E-state index in [4.69, 9.17) is 8.83 Å². The van der Waals surface area contributed by atoms with E-state index in [9.17, 15) is 0 Å². The average Bonchev–Trinajstić information content (AvgIpc) is 4.10. The normalized spacial score (nSPS) is 15.5. The summed E-state index contributed by atoms with van der Waals surface area (Å²) < 4.78 is 13.9. The van der Waals surface area contributed by atoms with Crippen molar-refractivity contribution in [2.45, 2.75) is 97.8 Å². The summed E-state index contributed by atoms with van der Waals surface area (Å²) in [5, 5.41) is 4.75. The number of benzene rings is 9. The summed E-state index contributed by atoms with van der Waals surface area (Å²) >= 11 is 0. The Labute approximate surface area is 422 Å². The highest BCUT2D eigenvalue weighted by Crippen LogP contribution is 2.64. The molecule has 2 aromatic heterocycles. The van der Waals surface area contributed by atoms with Crippen LogP contribution in [0.4, 0.5) is 17.1 Å². The Hall–Kier alpha value is -7.62. The molecule has 11 aromatic rings. The molecule has 0 fully saturated rings. The molecule has 352 valence electrons. The van der Waals surface area contributed by atoms with Crippen molar-refractivity contribution in [1.82, 2.24) is 0 Å². The van der Waals surface area contributed by atoms with Gasteiger partial charge in [-0.25, -0.2) is 0 Å². The molecule has 3 nitrogen and oxygen atoms in total. The highest BCUT2D eigenvalue weighted by atomic mass is 16.3. The molecule has 0 saturated carbocycles. The molecule has 0 saturated heterocycles. The van der Waals surface area contributed by atoms with E-state index in [1.165, 1.54) is 105 Å². The number of nitrogens with zero attached hydrogens (tertiary/aromatic N) is 1. The Bertz CT molecular complexity index is 4160. The van der Waals surface area contributed by atoms with Crippen LogP contribution >= 0.6 is 0 Å². The number of rotatable bonds is 4. The molecule has 0 aliphatic heterocycles. The summed E-state index contributed by atoms with van der Waals surface area (Å²) in [6, 6.07) is 59.3. The zero-order chi connectivity index (χ0) is 49.5. The van der Waals surface area contributed by atoms with E-state index in [1.807, 2.05) is 0 Å². The second-order valence-electron chi connectivity index (χ2n) is 23.8. The maximum absolute atomic E-state index is 7.01. The average molecular weight is 934 g/mol. The molecule has 0 spiro atoms. The van der Waals surface area contributed by atoms with Gasteiger partial charge in [0.2, 0.25) is 0 Å². The molecular formula is C69H59NO2. The summed E-state index contributed by atoms with van der Waals surface area (Å²) in [6.45, 7) is 25.8. The standard InChI is InChI=1S/C69H59NO2/c1-38-32-39(2)34-40(33-38)50-37-54-57(59-48-19-13-16-22-55(48)71-64(50)59)46-30-28-43(35-52(46)67(54,6)7)70(42-26-24-41(25-27-42)66(3,4)5)44-29-31-47-53(36-44)69(10,11)62-58(47)60-49-20-14-17-23-56(49)72-65(60)61-45-18-12-15-21-51(45)68(8,9)63(61)62/h12-37H,1-11H3. The zero-order valence-corrected chi connectivity index (χ0v) is 43.3. The molecule has 2 heterocycles. The molecule has 0 radical (unpaired) electrons. The summed E-state index contributed by atoms with van der Waals surface area (Å²) in [5.74, 6) is 0. The molecular weight excluding hydrogens is 875 g/mol. The molecule has 72 heavy (non-hydrogen) atoms. The van der Waals surface area contributed by atoms with E-state index < -0.39 is 0 Å². The van der Waals surface area contributed by atoms with Gasteiger partial charge in [0, 0.05) is 66.0 Å². The van der Waals surface area contributed by atoms with Crippen LogP contribution in [0.15, 0.2) is 167 Å². The number of para-hydroxylation sites is 2. The predicted molar refractivity (Wildman–Crippen MR) is 302 cm³/mol. The molecule has 9 aromatic carbocycles. The SMILES string of the molecule is Cc1cc(C)cc(-c2cc3c(c4c2oc2ccccc24)-c2ccc(N(c4ccc(C(C)(C)C)cc4)c4ccc5c(c4)C(C)(C)c4c6c(c7oc8ccccc8c7c4-5)-c4ccccc4C6(C)C)cc2C3(C)C)c1. The van der Waals surface area contributed by atoms with Crippen LogP contribution in [0.5, 0.6) is 0 Å². The topological polar surface area (TPSA) is 29.5 Å². The lowest BCUT2D eigenvalue weighted by molar-refractivity contribution is 0.590. The van der Waals surface area contributed by atoms with Crippen LogP contribution in [0.25, 0.3) is 88.4 Å². The van der Waals surface area contributed by atoms with E-state index in [2.05, 4.69) is 239 Å². The largest absolute Gasteiger partial charge is 0.455 e. The van der Waals surface area contributed by atoms with E-state index >= 15 is 0 Å². The molecule has 14 rings (SSSR count). The summed E-state index contributed by atoms with van der Waals surface area (Å²) in [7, 11) is 0. The third-order valence-electron chi connectivity index (χ3n) is 17.2. The van der Waals surface area contributed by atoms with Crippen LogP contribution in [-0.4, -0.2) is 0 Å². The molecule has 0 N–H and O–H groups in total. The molecule has 0 amide bonds. The summed E-state index contributed by atoms with van der Waals surface area (Å²) in [6.07, 6.45) is 0. The molecule has 3 aliphatic rings. The van der Waals surface area contributed by atoms with Crippen LogP contribution in [0.3, 0.4) is 0 Å². The first-order chi connectivity index (χ1) is 34.4. The minimum Gasteiger partial charge on any atom is -0.455 e. The summed E-state index contributed by atoms with van der Waals surface area (Å²) in [5.41, 5.74) is 28.3. The first kappa shape index (κ1) is 43.2. The van der Waals surface area contributed by atoms with Gasteiger partial charge in [0.25, 0.3) is 0 Å². The van der Waals surface area contributed by atoms with Crippen LogP contribution < -0.4 is 4.90 Å². The number of hydrogen-bond acceptors (Lipinski definition) is 3. The van der Waals surface area contributed by atoms with Crippen molar-refractivity contribution < 1.29 is 8.83 Å². The van der Waals surface area contributed by atoms with E-state index in [0.29, 0.717) is 0 Å². The minimum absolute atomic E-state index is 0.0188. The Morgan fingerprint density at radius 3 is 1.54 bits per heavy atom. The summed E-state index contributed by atoms with van der Waals surface area (Å²) in [4.78, 5) is 2.50. The van der Waals surface area contributed by atoms with Gasteiger partial charge < -0.3 is 13.7 Å². The van der Waals surface area contributed by atoms with Gasteiger partial charge in [0.05, 0.1) is 0 Å². The van der Waals surface area contributed by atoms with Gasteiger partial charge in [-0.05, 0) is 146 Å². The fraction of sp³-hybridized carbons (Fsp3) is 0.217. The quantitative estimate of drug-likeness (QED) is 0.176. The lowest BCUT2D eigenvalue weighted by Gasteiger charge is -2.32. The van der Waals surface area contributed by atoms with E-state index in [-0.39, 0.29) is 21.7 Å². The van der Waals surface area contributed by atoms with Crippen LogP contribution in [0.2, 0.25) is 0 Å². The Morgan fingerprint density at radius 1 is 0.403 bits per heavy atom. The second-order valence-corrected chi connectivity index (χ2v) is 23.8. The van der Waals surface area contributed by atoms with E-state index in [1.54, 1.807) is 0 Å². The first-order valence-electron chi connectivity index (χ1n) is 25.8.